The summed E-state index contributed by atoms with van der Waals surface area (Å²) in [5.74, 6) is -0.899. The fraction of sp³-hybridized carbons (Fsp3) is 1.00. The molecular weight excluding hydrogens is 205 g/mol. The first-order valence-electron chi connectivity index (χ1n) is 5.22. The van der Waals surface area contributed by atoms with Gasteiger partial charge in [-0.05, 0) is 25.9 Å². The van der Waals surface area contributed by atoms with Gasteiger partial charge < -0.3 is 10.6 Å². The van der Waals surface area contributed by atoms with E-state index in [0.29, 0.717) is 12.5 Å². The third kappa shape index (κ3) is 6.73. The van der Waals surface area contributed by atoms with E-state index >= 15 is 0 Å². The Morgan fingerprint density at radius 2 is 1.80 bits per heavy atom. The molecule has 0 aliphatic rings. The molecule has 92 valence electrons. The Morgan fingerprint density at radius 1 is 1.27 bits per heavy atom. The molecule has 1 atom stereocenters. The average molecular weight is 226 g/mol. The molecule has 0 amide bonds. The van der Waals surface area contributed by atoms with E-state index in [0.717, 1.165) is 6.42 Å². The number of halogens is 3. The zero-order valence-corrected chi connectivity index (χ0v) is 9.64. The first kappa shape index (κ1) is 14.7. The molecule has 15 heavy (non-hydrogen) atoms. The minimum atomic E-state index is -4.18. The number of hydrogen-bond acceptors (Lipinski definition) is 2. The molecule has 2 nitrogen and oxygen atoms in total. The summed E-state index contributed by atoms with van der Waals surface area (Å²) >= 11 is 0. The van der Waals surface area contributed by atoms with Crippen LogP contribution in [-0.4, -0.2) is 37.8 Å². The molecule has 0 bridgehead atoms. The summed E-state index contributed by atoms with van der Waals surface area (Å²) in [5, 5.41) is 0. The molecule has 2 N–H and O–H groups in total. The molecule has 0 aliphatic carbocycles. The third-order valence-electron chi connectivity index (χ3n) is 2.37. The molecule has 0 rings (SSSR count). The highest BCUT2D eigenvalue weighted by Gasteiger charge is 2.38. The van der Waals surface area contributed by atoms with Crippen LogP contribution >= 0.6 is 0 Å². The Balaban J connectivity index is 3.97. The molecule has 5 heteroatoms. The van der Waals surface area contributed by atoms with Crippen LogP contribution in [-0.2, 0) is 0 Å². The molecule has 0 saturated carbocycles. The molecule has 0 heterocycles. The fourth-order valence-corrected chi connectivity index (χ4v) is 1.26. The van der Waals surface area contributed by atoms with Crippen LogP contribution in [0.15, 0.2) is 0 Å². The standard InChI is InChI=1S/C10H21F3N2/c1-8(2)4-5-15(3)7-9(6-14)10(11,12)13/h8-9H,4-7,14H2,1-3H3. The van der Waals surface area contributed by atoms with Gasteiger partial charge in [-0.2, -0.15) is 13.2 Å². The van der Waals surface area contributed by atoms with Crippen LogP contribution in [0.25, 0.3) is 0 Å². The second-order valence-corrected chi connectivity index (χ2v) is 4.42. The quantitative estimate of drug-likeness (QED) is 0.751. The van der Waals surface area contributed by atoms with Gasteiger partial charge in [0.25, 0.3) is 0 Å². The number of alkyl halides is 3. The summed E-state index contributed by atoms with van der Waals surface area (Å²) in [6.45, 7) is 4.45. The van der Waals surface area contributed by atoms with Gasteiger partial charge in [0.15, 0.2) is 0 Å². The van der Waals surface area contributed by atoms with Crippen LogP contribution in [0.3, 0.4) is 0 Å². The van der Waals surface area contributed by atoms with Crippen molar-refractivity contribution in [3.05, 3.63) is 0 Å². The van der Waals surface area contributed by atoms with Crippen molar-refractivity contribution >= 4 is 0 Å². The van der Waals surface area contributed by atoms with Crippen molar-refractivity contribution in [3.8, 4) is 0 Å². The summed E-state index contributed by atoms with van der Waals surface area (Å²) in [6, 6.07) is 0. The van der Waals surface area contributed by atoms with Crippen LogP contribution in [0.1, 0.15) is 20.3 Å². The first-order valence-corrected chi connectivity index (χ1v) is 5.22. The average Bonchev–Trinajstić information content (AvgIpc) is 2.08. The van der Waals surface area contributed by atoms with Gasteiger partial charge in [0, 0.05) is 13.1 Å². The van der Waals surface area contributed by atoms with Gasteiger partial charge in [-0.1, -0.05) is 13.8 Å². The van der Waals surface area contributed by atoms with Crippen molar-refractivity contribution in [1.82, 2.24) is 4.90 Å². The lowest BCUT2D eigenvalue weighted by atomic mass is 10.1. The van der Waals surface area contributed by atoms with Crippen molar-refractivity contribution in [2.24, 2.45) is 17.6 Å². The lowest BCUT2D eigenvalue weighted by Crippen LogP contribution is -2.39. The number of nitrogens with two attached hydrogens (primary N) is 1. The van der Waals surface area contributed by atoms with Crippen molar-refractivity contribution in [2.45, 2.75) is 26.4 Å². The number of rotatable bonds is 6. The Labute approximate surface area is 89.6 Å². The van der Waals surface area contributed by atoms with Gasteiger partial charge in [0.1, 0.15) is 0 Å². The molecule has 0 saturated heterocycles. The first-order chi connectivity index (χ1) is 6.77. The van der Waals surface area contributed by atoms with Gasteiger partial charge in [0.2, 0.25) is 0 Å². The van der Waals surface area contributed by atoms with E-state index in [2.05, 4.69) is 13.8 Å². The molecule has 0 aliphatic heterocycles. The van der Waals surface area contributed by atoms with Crippen LogP contribution < -0.4 is 5.73 Å². The maximum absolute atomic E-state index is 12.4. The highest BCUT2D eigenvalue weighted by atomic mass is 19.4. The molecule has 0 aromatic rings. The summed E-state index contributed by atoms with van der Waals surface area (Å²) in [4.78, 5) is 1.70. The summed E-state index contributed by atoms with van der Waals surface area (Å²) in [5.41, 5.74) is 5.12. The second-order valence-electron chi connectivity index (χ2n) is 4.42. The van der Waals surface area contributed by atoms with E-state index in [9.17, 15) is 13.2 Å². The predicted molar refractivity (Wildman–Crippen MR) is 55.6 cm³/mol. The molecular formula is C10H21F3N2. The van der Waals surface area contributed by atoms with E-state index in [4.69, 9.17) is 5.73 Å². The van der Waals surface area contributed by atoms with E-state index in [1.54, 1.807) is 11.9 Å². The highest BCUT2D eigenvalue weighted by molar-refractivity contribution is 4.72. The lowest BCUT2D eigenvalue weighted by Gasteiger charge is -2.25. The number of nitrogens with zero attached hydrogens (tertiary/aromatic N) is 1. The highest BCUT2D eigenvalue weighted by Crippen LogP contribution is 2.25. The van der Waals surface area contributed by atoms with Gasteiger partial charge in [-0.3, -0.25) is 0 Å². The van der Waals surface area contributed by atoms with Gasteiger partial charge in [-0.25, -0.2) is 0 Å². The van der Waals surface area contributed by atoms with Gasteiger partial charge in [-0.15, -0.1) is 0 Å². The maximum atomic E-state index is 12.4. The van der Waals surface area contributed by atoms with Crippen molar-refractivity contribution < 1.29 is 13.2 Å². The zero-order valence-electron chi connectivity index (χ0n) is 9.64. The molecule has 0 fully saturated rings. The minimum absolute atomic E-state index is 0.00722. The van der Waals surface area contributed by atoms with E-state index < -0.39 is 12.1 Å². The predicted octanol–water partition coefficient (Wildman–Crippen LogP) is 2.10. The van der Waals surface area contributed by atoms with Crippen molar-refractivity contribution in [3.63, 3.8) is 0 Å². The third-order valence-corrected chi connectivity index (χ3v) is 2.37. The van der Waals surface area contributed by atoms with Crippen LogP contribution in [0.4, 0.5) is 13.2 Å². The molecule has 0 aromatic carbocycles. The SMILES string of the molecule is CC(C)CCN(C)CC(CN)C(F)(F)F. The zero-order chi connectivity index (χ0) is 12.1. The van der Waals surface area contributed by atoms with E-state index in [-0.39, 0.29) is 13.1 Å². The van der Waals surface area contributed by atoms with Gasteiger partial charge >= 0.3 is 6.18 Å². The van der Waals surface area contributed by atoms with Crippen LogP contribution in [0.2, 0.25) is 0 Å². The lowest BCUT2D eigenvalue weighted by molar-refractivity contribution is -0.175. The van der Waals surface area contributed by atoms with E-state index in [1.165, 1.54) is 0 Å². The monoisotopic (exact) mass is 226 g/mol. The Hall–Kier alpha value is -0.290. The summed E-state index contributed by atoms with van der Waals surface area (Å²) in [7, 11) is 1.71. The minimum Gasteiger partial charge on any atom is -0.330 e. The Morgan fingerprint density at radius 3 is 2.13 bits per heavy atom. The summed E-state index contributed by atoms with van der Waals surface area (Å²) < 4.78 is 37.1. The van der Waals surface area contributed by atoms with Crippen LogP contribution in [0, 0.1) is 11.8 Å². The Bertz CT molecular complexity index is 169. The largest absolute Gasteiger partial charge is 0.394 e. The molecule has 1 unspecified atom stereocenters. The topological polar surface area (TPSA) is 29.3 Å². The molecule has 0 radical (unpaired) electrons. The van der Waals surface area contributed by atoms with Crippen molar-refractivity contribution in [2.75, 3.05) is 26.7 Å². The second kappa shape index (κ2) is 6.33. The summed E-state index contributed by atoms with van der Waals surface area (Å²) in [6.07, 6.45) is -3.27. The molecule has 0 aromatic heterocycles. The van der Waals surface area contributed by atoms with E-state index in [1.807, 2.05) is 0 Å². The van der Waals surface area contributed by atoms with Crippen molar-refractivity contribution in [1.29, 1.82) is 0 Å². The normalized spacial score (nSPS) is 15.0. The smallest absolute Gasteiger partial charge is 0.330 e. The van der Waals surface area contributed by atoms with Gasteiger partial charge in [0.05, 0.1) is 5.92 Å². The maximum Gasteiger partial charge on any atom is 0.394 e. The Kier molecular flexibility index (Phi) is 6.20. The number of hydrogen-bond donors (Lipinski definition) is 1. The molecule has 0 spiro atoms. The fourth-order valence-electron chi connectivity index (χ4n) is 1.26. The van der Waals surface area contributed by atoms with Crippen LogP contribution in [0.5, 0.6) is 0 Å².